The molecule has 2 aliphatic carbocycles. The monoisotopic (exact) mass is 707 g/mol. The number of amides is 5. The second-order valence-electron chi connectivity index (χ2n) is 14.2. The Kier molecular flexibility index (Phi) is 10.3. The average molecular weight is 708 g/mol. The molecule has 2 aliphatic heterocycles. The quantitative estimate of drug-likeness (QED) is 0.277. The van der Waals surface area contributed by atoms with Crippen molar-refractivity contribution in [3.05, 3.63) is 107 Å². The lowest BCUT2D eigenvalue weighted by atomic mass is 9.94. The van der Waals surface area contributed by atoms with Gasteiger partial charge in [-0.15, -0.1) is 0 Å². The summed E-state index contributed by atoms with van der Waals surface area (Å²) in [4.78, 5) is 69.9. The molecule has 5 amide bonds. The van der Waals surface area contributed by atoms with Crippen molar-refractivity contribution in [3.8, 4) is 0 Å². The summed E-state index contributed by atoms with van der Waals surface area (Å²) < 4.78 is 10.5. The van der Waals surface area contributed by atoms with Gasteiger partial charge in [0.2, 0.25) is 11.8 Å². The first-order valence-electron chi connectivity index (χ1n) is 18.1. The lowest BCUT2D eigenvalue weighted by Crippen LogP contribution is -2.44. The number of methoxy groups -OCH3 is 1. The summed E-state index contributed by atoms with van der Waals surface area (Å²) in [5.74, 6) is -1.93. The fourth-order valence-corrected chi connectivity index (χ4v) is 7.69. The molecule has 0 aromatic heterocycles. The molecule has 0 bridgehead atoms. The van der Waals surface area contributed by atoms with Crippen LogP contribution in [0, 0.1) is 11.8 Å². The number of rotatable bonds is 11. The Morgan fingerprint density at radius 3 is 1.52 bits per heavy atom. The maximum atomic E-state index is 13.8. The van der Waals surface area contributed by atoms with Crippen LogP contribution < -0.4 is 16.0 Å². The van der Waals surface area contributed by atoms with Gasteiger partial charge in [-0.25, -0.2) is 4.79 Å². The van der Waals surface area contributed by atoms with E-state index >= 15 is 0 Å². The third-order valence-electron chi connectivity index (χ3n) is 10.8. The standard InChI is InChI=1S/C40H45N5O7/c1-3-52-40(50)43-34-22-45(23-35(34)51-2)39(49)27-16-14-26(15-17-27)38(48)44-20-30(36(46)41-32-18-28(32)24-10-6-4-7-11-24)31(21-44)37(47)42-33-19-29(33)25-12-8-5-9-13-25/h4-17,28-35H,3,18-23H2,1-2H3,(H,41,46)(H,42,47)(H,43,50)/t28-,29-,30-,31-,32+,33+,34+,35+/m1/s1. The van der Waals surface area contributed by atoms with E-state index in [2.05, 4.69) is 40.2 Å². The number of alkyl carbamates (subject to hydrolysis) is 1. The van der Waals surface area contributed by atoms with E-state index in [1.807, 2.05) is 36.4 Å². The maximum Gasteiger partial charge on any atom is 0.407 e. The molecule has 4 aliphatic rings. The molecule has 2 saturated carbocycles. The Hall–Kier alpha value is -5.23. The van der Waals surface area contributed by atoms with Gasteiger partial charge in [-0.2, -0.15) is 0 Å². The fourth-order valence-electron chi connectivity index (χ4n) is 7.69. The van der Waals surface area contributed by atoms with E-state index in [0.29, 0.717) is 11.1 Å². The Labute approximate surface area is 303 Å². The highest BCUT2D eigenvalue weighted by atomic mass is 16.5. The number of carbonyl (C=O) groups excluding carboxylic acids is 5. The first-order chi connectivity index (χ1) is 25.2. The van der Waals surface area contributed by atoms with Crippen molar-refractivity contribution in [3.63, 3.8) is 0 Å². The predicted molar refractivity (Wildman–Crippen MR) is 191 cm³/mol. The number of carbonyl (C=O) groups is 5. The number of nitrogens with one attached hydrogen (secondary N) is 3. The zero-order valence-electron chi connectivity index (χ0n) is 29.4. The molecule has 2 heterocycles. The van der Waals surface area contributed by atoms with Crippen LogP contribution in [0.25, 0.3) is 0 Å². The van der Waals surface area contributed by atoms with E-state index in [4.69, 9.17) is 9.47 Å². The smallest absolute Gasteiger partial charge is 0.407 e. The molecular weight excluding hydrogens is 662 g/mol. The fraction of sp³-hybridized carbons (Fsp3) is 0.425. The van der Waals surface area contributed by atoms with Crippen LogP contribution in [0.4, 0.5) is 4.79 Å². The van der Waals surface area contributed by atoms with Crippen molar-refractivity contribution in [2.75, 3.05) is 39.9 Å². The largest absolute Gasteiger partial charge is 0.450 e. The van der Waals surface area contributed by atoms with Gasteiger partial charge in [0.25, 0.3) is 11.8 Å². The molecule has 0 radical (unpaired) electrons. The van der Waals surface area contributed by atoms with Crippen LogP contribution in [0.15, 0.2) is 84.9 Å². The summed E-state index contributed by atoms with van der Waals surface area (Å²) >= 11 is 0. The Morgan fingerprint density at radius 2 is 1.08 bits per heavy atom. The molecule has 52 heavy (non-hydrogen) atoms. The van der Waals surface area contributed by atoms with Crippen LogP contribution in [-0.4, -0.2) is 104 Å². The second-order valence-corrected chi connectivity index (χ2v) is 14.2. The molecule has 3 aromatic carbocycles. The van der Waals surface area contributed by atoms with Gasteiger partial charge in [0.05, 0.1) is 30.6 Å². The third-order valence-corrected chi connectivity index (χ3v) is 10.8. The number of benzene rings is 3. The molecule has 3 N–H and O–H groups in total. The van der Waals surface area contributed by atoms with Crippen molar-refractivity contribution < 1.29 is 33.4 Å². The summed E-state index contributed by atoms with van der Waals surface area (Å²) in [6.45, 7) is 2.70. The van der Waals surface area contributed by atoms with Crippen molar-refractivity contribution in [2.45, 2.75) is 55.8 Å². The van der Waals surface area contributed by atoms with Gasteiger partial charge in [-0.1, -0.05) is 60.7 Å². The zero-order chi connectivity index (χ0) is 36.4. The summed E-state index contributed by atoms with van der Waals surface area (Å²) in [5.41, 5.74) is 3.08. The van der Waals surface area contributed by atoms with Crippen LogP contribution >= 0.6 is 0 Å². The van der Waals surface area contributed by atoms with Crippen LogP contribution in [0.3, 0.4) is 0 Å². The lowest BCUT2D eigenvalue weighted by Gasteiger charge is -2.18. The van der Waals surface area contributed by atoms with Crippen molar-refractivity contribution in [1.29, 1.82) is 0 Å². The number of hydrogen-bond acceptors (Lipinski definition) is 7. The highest BCUT2D eigenvalue weighted by Gasteiger charge is 2.49. The normalized spacial score (nSPS) is 27.4. The molecule has 12 heteroatoms. The Bertz CT molecular complexity index is 1710. The van der Waals surface area contributed by atoms with E-state index in [1.165, 1.54) is 18.2 Å². The van der Waals surface area contributed by atoms with Gasteiger partial charge in [-0.3, -0.25) is 19.2 Å². The molecule has 0 unspecified atom stereocenters. The zero-order valence-corrected chi connectivity index (χ0v) is 29.4. The topological polar surface area (TPSA) is 146 Å². The summed E-state index contributed by atoms with van der Waals surface area (Å²) in [5, 5.41) is 9.09. The minimum atomic E-state index is -0.698. The first-order valence-corrected chi connectivity index (χ1v) is 18.1. The van der Waals surface area contributed by atoms with Gasteiger partial charge in [0, 0.05) is 68.3 Å². The lowest BCUT2D eigenvalue weighted by molar-refractivity contribution is -0.133. The molecule has 2 saturated heterocycles. The molecule has 7 rings (SSSR count). The number of likely N-dealkylation sites (tertiary alicyclic amines) is 2. The summed E-state index contributed by atoms with van der Waals surface area (Å²) in [6.07, 6.45) is 0.703. The summed E-state index contributed by atoms with van der Waals surface area (Å²) in [7, 11) is 1.53. The van der Waals surface area contributed by atoms with Crippen molar-refractivity contribution in [1.82, 2.24) is 25.8 Å². The molecule has 4 fully saturated rings. The number of nitrogens with zero attached hydrogens (tertiary/aromatic N) is 2. The molecule has 3 aromatic rings. The van der Waals surface area contributed by atoms with E-state index in [-0.39, 0.29) is 80.3 Å². The number of hydrogen-bond donors (Lipinski definition) is 3. The van der Waals surface area contributed by atoms with E-state index in [9.17, 15) is 24.0 Å². The first kappa shape index (κ1) is 35.2. The molecule has 272 valence electrons. The Morgan fingerprint density at radius 1 is 0.615 bits per heavy atom. The van der Waals surface area contributed by atoms with E-state index in [0.717, 1.165) is 12.8 Å². The van der Waals surface area contributed by atoms with Gasteiger partial charge < -0.3 is 35.2 Å². The minimum Gasteiger partial charge on any atom is -0.450 e. The molecule has 12 nitrogen and oxygen atoms in total. The van der Waals surface area contributed by atoms with Gasteiger partial charge in [0.15, 0.2) is 0 Å². The SMILES string of the molecule is CCOC(=O)N[C@H]1CN(C(=O)c2ccc(C(=O)N3C[C@@H](C(=O)N[C@H]4C[C@@H]4c4ccccc4)[C@H](C(=O)N[C@H]4C[C@@H]4c4ccccc4)C3)cc2)C[C@@H]1OC. The highest BCUT2D eigenvalue weighted by molar-refractivity contribution is 5.99. The van der Waals surface area contributed by atoms with Gasteiger partial charge >= 0.3 is 6.09 Å². The summed E-state index contributed by atoms with van der Waals surface area (Å²) in [6, 6.07) is 26.1. The van der Waals surface area contributed by atoms with Crippen LogP contribution in [0.2, 0.25) is 0 Å². The van der Waals surface area contributed by atoms with Crippen molar-refractivity contribution >= 4 is 29.7 Å². The van der Waals surface area contributed by atoms with Crippen LogP contribution in [-0.2, 0) is 19.1 Å². The third kappa shape index (κ3) is 7.67. The highest BCUT2D eigenvalue weighted by Crippen LogP contribution is 2.42. The second kappa shape index (κ2) is 15.2. The Balaban J connectivity index is 1.01. The maximum absolute atomic E-state index is 13.8. The number of ether oxygens (including phenoxy) is 2. The molecule has 0 spiro atoms. The van der Waals surface area contributed by atoms with E-state index in [1.54, 1.807) is 41.0 Å². The predicted octanol–water partition coefficient (Wildman–Crippen LogP) is 3.30. The average Bonchev–Trinajstić information content (AvgIpc) is 4.02. The molecule has 8 atom stereocenters. The van der Waals surface area contributed by atoms with E-state index < -0.39 is 30.1 Å². The minimum absolute atomic E-state index is 0.00895. The van der Waals surface area contributed by atoms with Crippen molar-refractivity contribution in [2.24, 2.45) is 11.8 Å². The van der Waals surface area contributed by atoms with Gasteiger partial charge in [-0.05, 0) is 55.2 Å². The van der Waals surface area contributed by atoms with Crippen LogP contribution in [0.5, 0.6) is 0 Å². The van der Waals surface area contributed by atoms with Gasteiger partial charge in [0.1, 0.15) is 0 Å². The molecular formula is C40H45N5O7. The van der Waals surface area contributed by atoms with Crippen LogP contribution in [0.1, 0.15) is 63.4 Å².